The molecule has 3 heteroatoms. The summed E-state index contributed by atoms with van der Waals surface area (Å²) < 4.78 is 5.00. The van der Waals surface area contributed by atoms with Crippen LogP contribution in [0.2, 0.25) is 0 Å². The molecule has 0 bridgehead atoms. The van der Waals surface area contributed by atoms with Gasteiger partial charge in [0.25, 0.3) is 0 Å². The summed E-state index contributed by atoms with van der Waals surface area (Å²) in [6.45, 7) is 2.08. The molecule has 0 aliphatic rings. The van der Waals surface area contributed by atoms with Crippen molar-refractivity contribution < 1.29 is 9.21 Å². The second kappa shape index (κ2) is 5.87. The van der Waals surface area contributed by atoms with E-state index >= 15 is 0 Å². The fourth-order valence-electron chi connectivity index (χ4n) is 1.74. The molecule has 2 N–H and O–H groups in total. The van der Waals surface area contributed by atoms with E-state index in [2.05, 4.69) is 19.1 Å². The number of furan rings is 1. The zero-order valence-corrected chi connectivity index (χ0v) is 10.7. The second-order valence-electron chi connectivity index (χ2n) is 4.18. The van der Waals surface area contributed by atoms with Gasteiger partial charge in [0, 0.05) is 16.5 Å². The van der Waals surface area contributed by atoms with E-state index in [1.807, 2.05) is 18.2 Å². The van der Waals surface area contributed by atoms with Crippen molar-refractivity contribution in [3.05, 3.63) is 66.1 Å². The van der Waals surface area contributed by atoms with Gasteiger partial charge in [-0.05, 0) is 13.0 Å². The number of nitrogen functional groups attached to an aromatic ring is 1. The minimum atomic E-state index is 0.331. The van der Waals surface area contributed by atoms with E-state index < -0.39 is 0 Å². The Morgan fingerprint density at radius 3 is 2.32 bits per heavy atom. The van der Waals surface area contributed by atoms with Crippen LogP contribution in [0.5, 0.6) is 0 Å². The van der Waals surface area contributed by atoms with Crippen LogP contribution in [-0.2, 0) is 0 Å². The quantitative estimate of drug-likeness (QED) is 0.529. The van der Waals surface area contributed by atoms with E-state index in [1.54, 1.807) is 18.2 Å². The van der Waals surface area contributed by atoms with E-state index in [4.69, 9.17) is 10.2 Å². The van der Waals surface area contributed by atoms with E-state index in [0.717, 1.165) is 10.8 Å². The first-order valence-corrected chi connectivity index (χ1v) is 5.95. The van der Waals surface area contributed by atoms with E-state index in [-0.39, 0.29) is 0 Å². The van der Waals surface area contributed by atoms with Crippen LogP contribution in [0.3, 0.4) is 0 Å². The van der Waals surface area contributed by atoms with Gasteiger partial charge in [0.05, 0.1) is 0 Å². The number of hydrogen-bond acceptors (Lipinski definition) is 3. The summed E-state index contributed by atoms with van der Waals surface area (Å²) in [7, 11) is 0. The highest BCUT2D eigenvalue weighted by Crippen LogP contribution is 2.24. The lowest BCUT2D eigenvalue weighted by Crippen LogP contribution is -1.83. The number of fused-ring (bicyclic) bond motifs is 1. The maximum atomic E-state index is 10.5. The lowest BCUT2D eigenvalue weighted by Gasteiger charge is -1.92. The Bertz CT molecular complexity index is 672. The Morgan fingerprint density at radius 1 is 1.00 bits per heavy atom. The Labute approximate surface area is 111 Å². The summed E-state index contributed by atoms with van der Waals surface area (Å²) in [5.41, 5.74) is 7.60. The molecule has 0 saturated heterocycles. The maximum absolute atomic E-state index is 10.5. The third-order valence-electron chi connectivity index (χ3n) is 2.76. The fourth-order valence-corrected chi connectivity index (χ4v) is 1.74. The van der Waals surface area contributed by atoms with E-state index in [1.165, 1.54) is 11.8 Å². The minimum absolute atomic E-state index is 0.331. The van der Waals surface area contributed by atoms with Crippen LogP contribution in [0.15, 0.2) is 59.2 Å². The number of aldehydes is 1. The van der Waals surface area contributed by atoms with Crippen molar-refractivity contribution in [2.24, 2.45) is 0 Å². The van der Waals surface area contributed by atoms with Gasteiger partial charge in [-0.3, -0.25) is 4.79 Å². The molecule has 1 aromatic heterocycles. The van der Waals surface area contributed by atoms with Gasteiger partial charge in [0.2, 0.25) is 0 Å². The maximum Gasteiger partial charge on any atom is 0.185 e. The predicted molar refractivity (Wildman–Crippen MR) is 77.2 cm³/mol. The Morgan fingerprint density at radius 2 is 1.74 bits per heavy atom. The third kappa shape index (κ3) is 3.01. The minimum Gasteiger partial charge on any atom is -0.460 e. The molecule has 0 fully saturated rings. The standard InChI is InChI=1S/C9H7NO2.C7H8/c10-8-3-1-2-6-7(8)5-12-9(6)4-11;1-7-5-3-2-4-6-7/h1-5H,10H2;2-6H,1H3. The molecule has 0 saturated carbocycles. The van der Waals surface area contributed by atoms with Crippen LogP contribution in [0.25, 0.3) is 10.8 Å². The van der Waals surface area contributed by atoms with Crippen molar-refractivity contribution in [2.75, 3.05) is 5.73 Å². The Balaban J connectivity index is 0.000000163. The number of aryl methyl sites for hydroxylation is 1. The summed E-state index contributed by atoms with van der Waals surface area (Å²) in [6, 6.07) is 15.6. The average molecular weight is 253 g/mol. The van der Waals surface area contributed by atoms with E-state index in [0.29, 0.717) is 17.7 Å². The first-order chi connectivity index (χ1) is 9.22. The van der Waals surface area contributed by atoms with Crippen molar-refractivity contribution in [3.63, 3.8) is 0 Å². The normalized spacial score (nSPS) is 9.74. The molecule has 3 aromatic rings. The van der Waals surface area contributed by atoms with Gasteiger partial charge >= 0.3 is 0 Å². The number of hydrogen-bond donors (Lipinski definition) is 1. The molecule has 2 aromatic carbocycles. The molecule has 0 atom stereocenters. The first-order valence-electron chi connectivity index (χ1n) is 5.95. The Hall–Kier alpha value is -2.55. The SMILES string of the molecule is Cc1ccccc1.Nc1cccc2c(C=O)occ12. The number of carbonyl (C=O) groups excluding carboxylic acids is 1. The zero-order valence-electron chi connectivity index (χ0n) is 10.7. The van der Waals surface area contributed by atoms with Crippen LogP contribution in [-0.4, -0.2) is 6.29 Å². The highest BCUT2D eigenvalue weighted by atomic mass is 16.3. The third-order valence-corrected chi connectivity index (χ3v) is 2.76. The van der Waals surface area contributed by atoms with Gasteiger partial charge in [0.15, 0.2) is 12.0 Å². The van der Waals surface area contributed by atoms with Gasteiger partial charge in [0.1, 0.15) is 6.26 Å². The molecule has 0 amide bonds. The molecule has 96 valence electrons. The summed E-state index contributed by atoms with van der Waals surface area (Å²) in [5, 5.41) is 1.56. The van der Waals surface area contributed by atoms with Gasteiger partial charge < -0.3 is 10.2 Å². The summed E-state index contributed by atoms with van der Waals surface area (Å²) in [5.74, 6) is 0.331. The van der Waals surface area contributed by atoms with Crippen LogP contribution in [0.4, 0.5) is 5.69 Å². The molecule has 0 spiro atoms. The molecule has 0 unspecified atom stereocenters. The molecule has 3 rings (SSSR count). The molecule has 0 aliphatic carbocycles. The van der Waals surface area contributed by atoms with Crippen molar-refractivity contribution in [1.29, 1.82) is 0 Å². The summed E-state index contributed by atoms with van der Waals surface area (Å²) in [6.07, 6.45) is 2.18. The van der Waals surface area contributed by atoms with Crippen molar-refractivity contribution in [3.8, 4) is 0 Å². The topological polar surface area (TPSA) is 56.2 Å². The van der Waals surface area contributed by atoms with Crippen LogP contribution >= 0.6 is 0 Å². The number of anilines is 1. The summed E-state index contributed by atoms with van der Waals surface area (Å²) in [4.78, 5) is 10.5. The highest BCUT2D eigenvalue weighted by Gasteiger charge is 2.05. The summed E-state index contributed by atoms with van der Waals surface area (Å²) >= 11 is 0. The first kappa shape index (κ1) is 12.9. The predicted octanol–water partition coefficient (Wildman–Crippen LogP) is 3.82. The molecule has 1 heterocycles. The lowest BCUT2D eigenvalue weighted by atomic mass is 10.1. The molecule has 3 nitrogen and oxygen atoms in total. The zero-order chi connectivity index (χ0) is 13.7. The van der Waals surface area contributed by atoms with Crippen molar-refractivity contribution >= 4 is 22.7 Å². The van der Waals surface area contributed by atoms with Crippen molar-refractivity contribution in [2.45, 2.75) is 6.92 Å². The fraction of sp³-hybridized carbons (Fsp3) is 0.0625. The number of nitrogens with two attached hydrogens (primary N) is 1. The number of carbonyl (C=O) groups is 1. The number of benzene rings is 2. The van der Waals surface area contributed by atoms with Crippen LogP contribution in [0, 0.1) is 6.92 Å². The molecular weight excluding hydrogens is 238 g/mol. The number of rotatable bonds is 1. The average Bonchev–Trinajstić information content (AvgIpc) is 2.85. The van der Waals surface area contributed by atoms with Crippen LogP contribution in [0.1, 0.15) is 16.1 Å². The smallest absolute Gasteiger partial charge is 0.185 e. The van der Waals surface area contributed by atoms with Gasteiger partial charge in [-0.25, -0.2) is 0 Å². The molecular formula is C16H15NO2. The lowest BCUT2D eigenvalue weighted by molar-refractivity contribution is 0.110. The molecule has 0 aliphatic heterocycles. The second-order valence-corrected chi connectivity index (χ2v) is 4.18. The molecule has 19 heavy (non-hydrogen) atoms. The van der Waals surface area contributed by atoms with E-state index in [9.17, 15) is 4.79 Å². The largest absolute Gasteiger partial charge is 0.460 e. The highest BCUT2D eigenvalue weighted by molar-refractivity contribution is 6.01. The van der Waals surface area contributed by atoms with Crippen molar-refractivity contribution in [1.82, 2.24) is 0 Å². The Kier molecular flexibility index (Phi) is 3.98. The van der Waals surface area contributed by atoms with Gasteiger partial charge in [-0.1, -0.05) is 48.0 Å². The molecule has 0 radical (unpaired) electrons. The van der Waals surface area contributed by atoms with Gasteiger partial charge in [-0.15, -0.1) is 0 Å². The van der Waals surface area contributed by atoms with Crippen LogP contribution < -0.4 is 5.73 Å². The van der Waals surface area contributed by atoms with Gasteiger partial charge in [-0.2, -0.15) is 0 Å². The monoisotopic (exact) mass is 253 g/mol.